The fourth-order valence-corrected chi connectivity index (χ4v) is 3.07. The molecule has 2 N–H and O–H groups in total. The van der Waals surface area contributed by atoms with Gasteiger partial charge in [-0.25, -0.2) is 4.98 Å². The van der Waals surface area contributed by atoms with Gasteiger partial charge in [0.2, 0.25) is 0 Å². The summed E-state index contributed by atoms with van der Waals surface area (Å²) in [7, 11) is 0. The molecule has 0 aliphatic heterocycles. The third kappa shape index (κ3) is 1.94. The van der Waals surface area contributed by atoms with Crippen molar-refractivity contribution >= 4 is 55.2 Å². The second-order valence-electron chi connectivity index (χ2n) is 3.04. The number of carbonyl (C=O) groups is 1. The smallest absolute Gasteiger partial charge is 0.133 e. The van der Waals surface area contributed by atoms with Crippen molar-refractivity contribution in [1.82, 2.24) is 4.98 Å². The monoisotopic (exact) mass is 297 g/mol. The normalized spacial score (nSPS) is 11.3. The van der Waals surface area contributed by atoms with E-state index in [2.05, 4.69) is 20.9 Å². The third-order valence-corrected chi connectivity index (χ3v) is 3.96. The van der Waals surface area contributed by atoms with Crippen LogP contribution in [-0.4, -0.2) is 11.0 Å². The lowest BCUT2D eigenvalue weighted by Crippen LogP contribution is -2.18. The zero-order valence-corrected chi connectivity index (χ0v) is 10.3. The highest BCUT2D eigenvalue weighted by molar-refractivity contribution is 9.10. The largest absolute Gasteiger partial charge is 0.545 e. The molecule has 0 aliphatic rings. The van der Waals surface area contributed by atoms with Crippen LogP contribution in [0.1, 0.15) is 5.56 Å². The van der Waals surface area contributed by atoms with E-state index in [9.17, 15) is 9.90 Å². The summed E-state index contributed by atoms with van der Waals surface area (Å²) in [5, 5.41) is 13.0. The molecule has 2 rings (SSSR count). The summed E-state index contributed by atoms with van der Waals surface area (Å²) in [4.78, 5) is 14.3. The maximum atomic E-state index is 10.3. The van der Waals surface area contributed by atoms with E-state index in [1.807, 2.05) is 5.38 Å². The van der Waals surface area contributed by atoms with E-state index >= 15 is 0 Å². The molecule has 4 nitrogen and oxygen atoms in total. The molecule has 0 saturated carbocycles. The lowest BCUT2D eigenvalue weighted by molar-refractivity contribution is -0.297. The highest BCUT2D eigenvalue weighted by atomic mass is 79.9. The Hall–Kier alpha value is -1.40. The van der Waals surface area contributed by atoms with Crippen LogP contribution in [0.15, 0.2) is 22.1 Å². The Labute approximate surface area is 104 Å². The number of nitrogens with zero attached hydrogens (tertiary/aromatic N) is 1. The van der Waals surface area contributed by atoms with Gasteiger partial charge in [0.1, 0.15) is 5.82 Å². The average molecular weight is 298 g/mol. The molecule has 0 amide bonds. The van der Waals surface area contributed by atoms with Gasteiger partial charge in [0.05, 0.1) is 5.97 Å². The first-order valence-electron chi connectivity index (χ1n) is 4.30. The lowest BCUT2D eigenvalue weighted by atomic mass is 10.2. The van der Waals surface area contributed by atoms with Crippen LogP contribution in [-0.2, 0) is 4.79 Å². The van der Waals surface area contributed by atoms with Crippen LogP contribution in [0, 0.1) is 0 Å². The maximum Gasteiger partial charge on any atom is 0.133 e. The van der Waals surface area contributed by atoms with Crippen molar-refractivity contribution < 1.29 is 9.90 Å². The van der Waals surface area contributed by atoms with Crippen molar-refractivity contribution in [2.45, 2.75) is 0 Å². The van der Waals surface area contributed by atoms with Gasteiger partial charge in [-0.2, -0.15) is 0 Å². The zero-order chi connectivity index (χ0) is 11.7. The van der Waals surface area contributed by atoms with Crippen molar-refractivity contribution in [1.29, 1.82) is 0 Å². The van der Waals surface area contributed by atoms with Gasteiger partial charge < -0.3 is 15.6 Å². The molecule has 0 unspecified atom stereocenters. The van der Waals surface area contributed by atoms with E-state index in [0.717, 1.165) is 20.6 Å². The molecular formula is C10H6BrN2O2S-. The van der Waals surface area contributed by atoms with Crippen molar-refractivity contribution in [3.05, 3.63) is 27.7 Å². The number of nitrogens with two attached hydrogens (primary N) is 1. The number of hydrogen-bond acceptors (Lipinski definition) is 5. The molecule has 0 atom stereocenters. The summed E-state index contributed by atoms with van der Waals surface area (Å²) in [6, 6.07) is 0. The first kappa shape index (κ1) is 11.1. The number of carboxylic acids is 1. The molecule has 82 valence electrons. The van der Waals surface area contributed by atoms with Crippen LogP contribution in [0.25, 0.3) is 16.2 Å². The van der Waals surface area contributed by atoms with E-state index < -0.39 is 5.97 Å². The fraction of sp³-hybridized carbons (Fsp3) is 0. The average Bonchev–Trinajstić information content (AvgIpc) is 2.61. The molecule has 0 spiro atoms. The molecule has 2 aromatic rings. The van der Waals surface area contributed by atoms with Gasteiger partial charge in [-0.05, 0) is 22.0 Å². The first-order chi connectivity index (χ1) is 7.59. The number of aromatic nitrogens is 1. The standard InChI is InChI=1S/C10H7BrN2O2S/c11-6-4-16-9-5(1-2-7(14)15)3-13-10(12)8(6)9/h1-4H,(H2,12,13)(H,14,15)/p-1/b2-1+. The Balaban J connectivity index is 2.64. The topological polar surface area (TPSA) is 79.0 Å². The van der Waals surface area contributed by atoms with E-state index in [0.29, 0.717) is 11.4 Å². The number of anilines is 1. The molecule has 16 heavy (non-hydrogen) atoms. The van der Waals surface area contributed by atoms with Gasteiger partial charge in [0, 0.05) is 31.7 Å². The van der Waals surface area contributed by atoms with E-state index in [1.54, 1.807) is 6.20 Å². The Morgan fingerprint density at radius 3 is 3.06 bits per heavy atom. The summed E-state index contributed by atoms with van der Waals surface area (Å²) in [5.41, 5.74) is 6.45. The van der Waals surface area contributed by atoms with E-state index in [1.165, 1.54) is 17.4 Å². The molecule has 0 radical (unpaired) electrons. The lowest BCUT2D eigenvalue weighted by Gasteiger charge is -2.00. The quantitative estimate of drug-likeness (QED) is 0.850. The number of pyridine rings is 1. The van der Waals surface area contributed by atoms with Crippen molar-refractivity contribution in [3.8, 4) is 0 Å². The predicted molar refractivity (Wildman–Crippen MR) is 65.8 cm³/mol. The summed E-state index contributed by atoms with van der Waals surface area (Å²) in [5.74, 6) is -0.811. The molecule has 6 heteroatoms. The second-order valence-corrected chi connectivity index (χ2v) is 4.77. The number of rotatable bonds is 2. The van der Waals surface area contributed by atoms with Gasteiger partial charge in [0.25, 0.3) is 0 Å². The number of carbonyl (C=O) groups excluding carboxylic acids is 1. The van der Waals surface area contributed by atoms with Gasteiger partial charge >= 0.3 is 0 Å². The summed E-state index contributed by atoms with van der Waals surface area (Å²) < 4.78 is 1.76. The van der Waals surface area contributed by atoms with Crippen LogP contribution in [0.4, 0.5) is 5.82 Å². The Morgan fingerprint density at radius 1 is 1.62 bits per heavy atom. The van der Waals surface area contributed by atoms with Crippen LogP contribution < -0.4 is 10.8 Å². The molecule has 0 aromatic carbocycles. The van der Waals surface area contributed by atoms with Crippen LogP contribution in [0.2, 0.25) is 0 Å². The minimum atomic E-state index is -1.24. The maximum absolute atomic E-state index is 10.3. The van der Waals surface area contributed by atoms with Gasteiger partial charge in [-0.15, -0.1) is 11.3 Å². The molecule has 2 aromatic heterocycles. The highest BCUT2D eigenvalue weighted by Gasteiger charge is 2.09. The van der Waals surface area contributed by atoms with E-state index in [4.69, 9.17) is 5.73 Å². The number of fused-ring (bicyclic) bond motifs is 1. The van der Waals surface area contributed by atoms with Crippen molar-refractivity contribution in [2.75, 3.05) is 5.73 Å². The second kappa shape index (κ2) is 4.23. The first-order valence-corrected chi connectivity index (χ1v) is 5.97. The zero-order valence-electron chi connectivity index (χ0n) is 7.94. The number of aliphatic carboxylic acids is 1. The summed E-state index contributed by atoms with van der Waals surface area (Å²) >= 11 is 4.84. The number of hydrogen-bond donors (Lipinski definition) is 1. The third-order valence-electron chi connectivity index (χ3n) is 2.01. The molecule has 0 fully saturated rings. The minimum Gasteiger partial charge on any atom is -0.545 e. The minimum absolute atomic E-state index is 0.425. The van der Waals surface area contributed by atoms with Crippen LogP contribution in [0.3, 0.4) is 0 Å². The van der Waals surface area contributed by atoms with Gasteiger partial charge in [0.15, 0.2) is 0 Å². The summed E-state index contributed by atoms with van der Waals surface area (Å²) in [6.07, 6.45) is 3.97. The fourth-order valence-electron chi connectivity index (χ4n) is 1.33. The van der Waals surface area contributed by atoms with Gasteiger partial charge in [-0.1, -0.05) is 6.08 Å². The summed E-state index contributed by atoms with van der Waals surface area (Å²) in [6.45, 7) is 0. The van der Waals surface area contributed by atoms with Crippen LogP contribution >= 0.6 is 27.3 Å². The number of halogens is 1. The van der Waals surface area contributed by atoms with Crippen LogP contribution in [0.5, 0.6) is 0 Å². The molecule has 0 bridgehead atoms. The molecule has 0 saturated heterocycles. The molecular weight excluding hydrogens is 292 g/mol. The predicted octanol–water partition coefficient (Wildman–Crippen LogP) is 1.40. The van der Waals surface area contributed by atoms with Gasteiger partial charge in [-0.3, -0.25) is 0 Å². The van der Waals surface area contributed by atoms with E-state index in [-0.39, 0.29) is 0 Å². The number of nitrogen functional groups attached to an aromatic ring is 1. The number of carboxylic acid groups (broad SMARTS) is 1. The SMILES string of the molecule is Nc1ncc(/C=C/C(=O)[O-])c2scc(Br)c12. The number of thiophene rings is 1. The Kier molecular flexibility index (Phi) is 2.93. The Bertz CT molecular complexity index is 592. The van der Waals surface area contributed by atoms with Crippen molar-refractivity contribution in [3.63, 3.8) is 0 Å². The Morgan fingerprint density at radius 2 is 2.38 bits per heavy atom. The van der Waals surface area contributed by atoms with Crippen molar-refractivity contribution in [2.24, 2.45) is 0 Å². The molecule has 0 aliphatic carbocycles. The molecule has 2 heterocycles. The highest BCUT2D eigenvalue weighted by Crippen LogP contribution is 2.35.